The summed E-state index contributed by atoms with van der Waals surface area (Å²) >= 11 is 0. The van der Waals surface area contributed by atoms with Crippen molar-refractivity contribution in [1.82, 2.24) is 9.97 Å². The van der Waals surface area contributed by atoms with Gasteiger partial charge in [-0.05, 0) is 18.9 Å². The Morgan fingerprint density at radius 2 is 2.08 bits per heavy atom. The molecule has 2 unspecified atom stereocenters. The molecule has 2 saturated heterocycles. The summed E-state index contributed by atoms with van der Waals surface area (Å²) in [6, 6.07) is 3.05. The van der Waals surface area contributed by atoms with Crippen molar-refractivity contribution in [2.75, 3.05) is 38.3 Å². The third-order valence-electron chi connectivity index (χ3n) is 4.66. The van der Waals surface area contributed by atoms with E-state index in [0.717, 1.165) is 37.2 Å². The van der Waals surface area contributed by atoms with Crippen LogP contribution in [0, 0.1) is 5.82 Å². The Balaban J connectivity index is 1.67. The van der Waals surface area contributed by atoms with Crippen LogP contribution in [0.3, 0.4) is 0 Å². The molecule has 2 atom stereocenters. The molecular weight excluding hydrogens is 313 g/mol. The van der Waals surface area contributed by atoms with Crippen LogP contribution in [0.25, 0.3) is 10.9 Å². The average Bonchev–Trinajstić information content (AvgIpc) is 3.15. The van der Waals surface area contributed by atoms with Crippen molar-refractivity contribution in [3.8, 4) is 5.75 Å². The van der Waals surface area contributed by atoms with Crippen molar-refractivity contribution >= 4 is 16.7 Å². The predicted molar refractivity (Wildman–Crippen MR) is 87.0 cm³/mol. The zero-order valence-corrected chi connectivity index (χ0v) is 13.6. The van der Waals surface area contributed by atoms with Crippen LogP contribution in [0.2, 0.25) is 0 Å². The van der Waals surface area contributed by atoms with Crippen molar-refractivity contribution in [2.45, 2.75) is 25.0 Å². The summed E-state index contributed by atoms with van der Waals surface area (Å²) in [7, 11) is 1.45. The van der Waals surface area contributed by atoms with Gasteiger partial charge in [-0.3, -0.25) is 0 Å². The highest BCUT2D eigenvalue weighted by molar-refractivity contribution is 5.90. The van der Waals surface area contributed by atoms with Gasteiger partial charge in [0, 0.05) is 31.1 Å². The largest absolute Gasteiger partial charge is 0.494 e. The van der Waals surface area contributed by atoms with Crippen LogP contribution in [0.1, 0.15) is 12.8 Å². The number of halogens is 1. The quantitative estimate of drug-likeness (QED) is 0.858. The summed E-state index contributed by atoms with van der Waals surface area (Å²) in [5, 5.41) is 0.781. The zero-order chi connectivity index (χ0) is 16.5. The van der Waals surface area contributed by atoms with Gasteiger partial charge in [-0.25, -0.2) is 14.4 Å². The van der Waals surface area contributed by atoms with E-state index in [-0.39, 0.29) is 18.0 Å². The molecule has 4 rings (SSSR count). The highest BCUT2D eigenvalue weighted by Gasteiger charge is 2.32. The van der Waals surface area contributed by atoms with Crippen LogP contribution >= 0.6 is 0 Å². The first-order valence-corrected chi connectivity index (χ1v) is 8.22. The average molecular weight is 333 g/mol. The van der Waals surface area contributed by atoms with Gasteiger partial charge in [-0.2, -0.15) is 0 Å². The fourth-order valence-electron chi connectivity index (χ4n) is 3.44. The second-order valence-corrected chi connectivity index (χ2v) is 6.11. The molecule has 0 amide bonds. The number of anilines is 1. The van der Waals surface area contributed by atoms with Crippen molar-refractivity contribution in [3.63, 3.8) is 0 Å². The van der Waals surface area contributed by atoms with E-state index in [9.17, 15) is 4.39 Å². The smallest absolute Gasteiger partial charge is 0.167 e. The summed E-state index contributed by atoms with van der Waals surface area (Å²) in [6.45, 7) is 2.86. The fraction of sp³-hybridized carbons (Fsp3) is 0.529. The molecule has 0 aliphatic carbocycles. The van der Waals surface area contributed by atoms with Crippen LogP contribution < -0.4 is 9.64 Å². The Kier molecular flexibility index (Phi) is 4.20. The lowest BCUT2D eigenvalue weighted by Crippen LogP contribution is -2.48. The second-order valence-electron chi connectivity index (χ2n) is 6.11. The van der Waals surface area contributed by atoms with Crippen LogP contribution in [0.4, 0.5) is 10.2 Å². The number of aromatic nitrogens is 2. The second kappa shape index (κ2) is 6.49. The van der Waals surface area contributed by atoms with Crippen LogP contribution in [-0.2, 0) is 9.47 Å². The first-order chi connectivity index (χ1) is 11.8. The Morgan fingerprint density at radius 3 is 2.88 bits per heavy atom. The molecule has 0 spiro atoms. The summed E-state index contributed by atoms with van der Waals surface area (Å²) in [4.78, 5) is 10.8. The number of hydrogen-bond donors (Lipinski definition) is 0. The zero-order valence-electron chi connectivity index (χ0n) is 13.6. The van der Waals surface area contributed by atoms with E-state index in [2.05, 4.69) is 14.9 Å². The van der Waals surface area contributed by atoms with Gasteiger partial charge in [0.15, 0.2) is 11.6 Å². The number of benzene rings is 1. The van der Waals surface area contributed by atoms with Gasteiger partial charge < -0.3 is 19.1 Å². The number of nitrogens with zero attached hydrogens (tertiary/aromatic N) is 3. The molecule has 1 aromatic carbocycles. The van der Waals surface area contributed by atoms with Crippen molar-refractivity contribution in [1.29, 1.82) is 0 Å². The van der Waals surface area contributed by atoms with Crippen LogP contribution in [0.5, 0.6) is 5.75 Å². The molecule has 24 heavy (non-hydrogen) atoms. The molecule has 0 radical (unpaired) electrons. The van der Waals surface area contributed by atoms with Gasteiger partial charge >= 0.3 is 0 Å². The van der Waals surface area contributed by atoms with E-state index in [1.54, 1.807) is 6.07 Å². The molecule has 6 nitrogen and oxygen atoms in total. The van der Waals surface area contributed by atoms with Gasteiger partial charge in [-0.15, -0.1) is 0 Å². The first kappa shape index (κ1) is 15.5. The number of morpholine rings is 1. The number of rotatable bonds is 3. The molecule has 2 fully saturated rings. The van der Waals surface area contributed by atoms with E-state index < -0.39 is 5.82 Å². The van der Waals surface area contributed by atoms with Crippen molar-refractivity contribution in [2.24, 2.45) is 0 Å². The van der Waals surface area contributed by atoms with E-state index in [0.29, 0.717) is 18.7 Å². The molecule has 7 heteroatoms. The lowest BCUT2D eigenvalue weighted by atomic mass is 10.1. The number of ether oxygens (including phenoxy) is 3. The number of hydrogen-bond acceptors (Lipinski definition) is 6. The fourth-order valence-corrected chi connectivity index (χ4v) is 3.44. The number of fused-ring (bicyclic) bond motifs is 1. The summed E-state index contributed by atoms with van der Waals surface area (Å²) in [6.07, 6.45) is 3.76. The maximum absolute atomic E-state index is 13.9. The Bertz CT molecular complexity index is 736. The van der Waals surface area contributed by atoms with E-state index in [1.807, 2.05) is 0 Å². The lowest BCUT2D eigenvalue weighted by Gasteiger charge is -2.36. The monoisotopic (exact) mass is 333 g/mol. The summed E-state index contributed by atoms with van der Waals surface area (Å²) < 4.78 is 30.7. The maximum Gasteiger partial charge on any atom is 0.167 e. The van der Waals surface area contributed by atoms with Gasteiger partial charge in [0.1, 0.15) is 18.2 Å². The summed E-state index contributed by atoms with van der Waals surface area (Å²) in [5.41, 5.74) is 0.568. The Labute approximate surface area is 139 Å². The molecule has 3 heterocycles. The summed E-state index contributed by atoms with van der Waals surface area (Å²) in [5.74, 6) is 0.556. The number of methoxy groups -OCH3 is 1. The lowest BCUT2D eigenvalue weighted by molar-refractivity contribution is -0.0543. The van der Waals surface area contributed by atoms with Crippen LogP contribution in [-0.4, -0.2) is 55.6 Å². The standard InChI is InChI=1S/C17H20FN3O3/c1-22-15-7-11-13(8-12(15)18)19-10-20-17(11)21-4-6-24-16(9-21)14-3-2-5-23-14/h7-8,10,14,16H,2-6,9H2,1H3. The molecule has 0 saturated carbocycles. The molecule has 1 aromatic heterocycles. The van der Waals surface area contributed by atoms with Gasteiger partial charge in [0.2, 0.25) is 0 Å². The Morgan fingerprint density at radius 1 is 1.21 bits per heavy atom. The van der Waals surface area contributed by atoms with E-state index >= 15 is 0 Å². The molecular formula is C17H20FN3O3. The van der Waals surface area contributed by atoms with Crippen molar-refractivity contribution < 1.29 is 18.6 Å². The molecule has 2 aliphatic heterocycles. The topological polar surface area (TPSA) is 56.7 Å². The minimum absolute atomic E-state index is 0.0357. The predicted octanol–water partition coefficient (Wildman–Crippen LogP) is 2.16. The third kappa shape index (κ3) is 2.78. The van der Waals surface area contributed by atoms with Gasteiger partial charge in [0.25, 0.3) is 0 Å². The molecule has 0 N–H and O–H groups in total. The minimum atomic E-state index is -0.422. The SMILES string of the molecule is COc1cc2c(N3CCOC(C4CCCO4)C3)ncnc2cc1F. The normalized spacial score (nSPS) is 24.5. The molecule has 0 bridgehead atoms. The van der Waals surface area contributed by atoms with E-state index in [1.165, 1.54) is 19.5 Å². The third-order valence-corrected chi connectivity index (χ3v) is 4.66. The molecule has 128 valence electrons. The first-order valence-electron chi connectivity index (χ1n) is 8.22. The Hall–Kier alpha value is -1.99. The molecule has 2 aromatic rings. The van der Waals surface area contributed by atoms with Crippen LogP contribution in [0.15, 0.2) is 18.5 Å². The van der Waals surface area contributed by atoms with E-state index in [4.69, 9.17) is 14.2 Å². The van der Waals surface area contributed by atoms with Gasteiger partial charge in [0.05, 0.1) is 25.3 Å². The molecule has 2 aliphatic rings. The van der Waals surface area contributed by atoms with Gasteiger partial charge in [-0.1, -0.05) is 0 Å². The van der Waals surface area contributed by atoms with Crippen molar-refractivity contribution in [3.05, 3.63) is 24.3 Å². The highest BCUT2D eigenvalue weighted by atomic mass is 19.1. The highest BCUT2D eigenvalue weighted by Crippen LogP contribution is 2.31. The minimum Gasteiger partial charge on any atom is -0.494 e. The maximum atomic E-state index is 13.9.